The van der Waals surface area contributed by atoms with Gasteiger partial charge < -0.3 is 19.5 Å². The highest BCUT2D eigenvalue weighted by Gasteiger charge is 2.19. The van der Waals surface area contributed by atoms with Crippen LogP contribution in [0.5, 0.6) is 17.2 Å². The first kappa shape index (κ1) is 34.6. The first-order valence-corrected chi connectivity index (χ1v) is 17.0. The number of fused-ring (bicyclic) bond motifs is 1. The van der Waals surface area contributed by atoms with Crippen molar-refractivity contribution in [3.8, 4) is 28.6 Å². The highest BCUT2D eigenvalue weighted by atomic mass is 127. The number of para-hydroxylation sites is 1. The molecular weight excluding hydrogens is 719 g/mol. The van der Waals surface area contributed by atoms with Gasteiger partial charge in [0.2, 0.25) is 0 Å². The zero-order valence-corrected chi connectivity index (χ0v) is 30.1. The summed E-state index contributed by atoms with van der Waals surface area (Å²) in [4.78, 5) is 31.5. The Morgan fingerprint density at radius 3 is 2.38 bits per heavy atom. The monoisotopic (exact) mass is 758 g/mol. The molecular formula is C38H39IN4O5. The van der Waals surface area contributed by atoms with Gasteiger partial charge in [0, 0.05) is 11.3 Å². The number of hydrogen-bond donors (Lipinski definition) is 1. The van der Waals surface area contributed by atoms with E-state index in [2.05, 4.69) is 41.8 Å². The van der Waals surface area contributed by atoms with Gasteiger partial charge in [-0.25, -0.2) is 4.98 Å². The largest absolute Gasteiger partial charge is 0.494 e. The predicted octanol–water partition coefficient (Wildman–Crippen LogP) is 8.11. The molecule has 1 amide bonds. The van der Waals surface area contributed by atoms with E-state index in [9.17, 15) is 9.59 Å². The molecule has 5 rings (SSSR count). The Hall–Kier alpha value is -4.71. The standard InChI is InChI=1S/C38H39IN4O5/c1-7-46-33-17-25(6)30(20-29(33)23(3)4)37-42-32-12-10-9-11-28(32)38(45)43(37)40-21-26-18-31(39)36(34(19-26)47-8-2)48-22-35(44)41-27-15-13-24(5)14-16-27/h9-21,23H,7-8,22H2,1-6H3,(H,41,44). The van der Waals surface area contributed by atoms with E-state index < -0.39 is 0 Å². The van der Waals surface area contributed by atoms with E-state index in [1.165, 1.54) is 4.68 Å². The third-order valence-electron chi connectivity index (χ3n) is 7.61. The Morgan fingerprint density at radius 1 is 0.958 bits per heavy atom. The molecule has 1 N–H and O–H groups in total. The number of benzene rings is 4. The van der Waals surface area contributed by atoms with Crippen molar-refractivity contribution in [1.82, 2.24) is 9.66 Å². The second-order valence-electron chi connectivity index (χ2n) is 11.6. The third kappa shape index (κ3) is 7.87. The summed E-state index contributed by atoms with van der Waals surface area (Å²) in [6.45, 7) is 12.8. The minimum Gasteiger partial charge on any atom is -0.494 e. The molecule has 48 heavy (non-hydrogen) atoms. The van der Waals surface area contributed by atoms with Gasteiger partial charge in [-0.1, -0.05) is 43.7 Å². The van der Waals surface area contributed by atoms with Crippen LogP contribution >= 0.6 is 22.6 Å². The van der Waals surface area contributed by atoms with E-state index in [0.717, 1.165) is 31.6 Å². The van der Waals surface area contributed by atoms with Gasteiger partial charge in [0.25, 0.3) is 11.5 Å². The van der Waals surface area contributed by atoms with Crippen LogP contribution in [0.2, 0.25) is 0 Å². The van der Waals surface area contributed by atoms with E-state index >= 15 is 0 Å². The molecule has 0 atom stereocenters. The summed E-state index contributed by atoms with van der Waals surface area (Å²) in [7, 11) is 0. The smallest absolute Gasteiger partial charge is 0.282 e. The molecule has 4 aromatic carbocycles. The van der Waals surface area contributed by atoms with Crippen molar-refractivity contribution in [1.29, 1.82) is 0 Å². The lowest BCUT2D eigenvalue weighted by Crippen LogP contribution is -2.21. The van der Waals surface area contributed by atoms with Gasteiger partial charge >= 0.3 is 0 Å². The molecule has 1 aromatic heterocycles. The van der Waals surface area contributed by atoms with E-state index in [1.807, 2.05) is 88.4 Å². The van der Waals surface area contributed by atoms with Gasteiger partial charge in [-0.05, 0) is 121 Å². The van der Waals surface area contributed by atoms with Gasteiger partial charge in [-0.15, -0.1) is 0 Å². The van der Waals surface area contributed by atoms with E-state index in [1.54, 1.807) is 18.3 Å². The summed E-state index contributed by atoms with van der Waals surface area (Å²) in [5.41, 5.74) is 5.50. The number of hydrogen-bond acceptors (Lipinski definition) is 7. The molecule has 0 saturated heterocycles. The fraction of sp³-hybridized carbons (Fsp3) is 0.263. The highest BCUT2D eigenvalue weighted by Crippen LogP contribution is 2.36. The Balaban J connectivity index is 1.52. The normalized spacial score (nSPS) is 11.3. The number of rotatable bonds is 12. The lowest BCUT2D eigenvalue weighted by atomic mass is 9.96. The third-order valence-corrected chi connectivity index (χ3v) is 8.41. The summed E-state index contributed by atoms with van der Waals surface area (Å²) >= 11 is 2.15. The first-order valence-electron chi connectivity index (χ1n) is 15.9. The van der Waals surface area contributed by atoms with Gasteiger partial charge in [-0.2, -0.15) is 9.78 Å². The fourth-order valence-corrected chi connectivity index (χ4v) is 6.02. The number of ether oxygens (including phenoxy) is 3. The number of carbonyl (C=O) groups is 1. The molecule has 5 aromatic rings. The van der Waals surface area contributed by atoms with E-state index in [0.29, 0.717) is 52.7 Å². The molecule has 0 fully saturated rings. The molecule has 0 unspecified atom stereocenters. The summed E-state index contributed by atoms with van der Waals surface area (Å²) in [5, 5.41) is 8.01. The molecule has 0 spiro atoms. The highest BCUT2D eigenvalue weighted by molar-refractivity contribution is 14.1. The first-order chi connectivity index (χ1) is 23.1. The quantitative estimate of drug-likeness (QED) is 0.102. The molecule has 10 heteroatoms. The van der Waals surface area contributed by atoms with Crippen LogP contribution in [0.25, 0.3) is 22.3 Å². The van der Waals surface area contributed by atoms with Gasteiger partial charge in [-0.3, -0.25) is 9.59 Å². The Morgan fingerprint density at radius 2 is 1.67 bits per heavy atom. The van der Waals surface area contributed by atoms with Crippen LogP contribution in [-0.4, -0.2) is 41.6 Å². The van der Waals surface area contributed by atoms with Crippen molar-refractivity contribution in [3.05, 3.63) is 109 Å². The topological polar surface area (TPSA) is 104 Å². The van der Waals surface area contributed by atoms with Crippen molar-refractivity contribution in [2.24, 2.45) is 5.10 Å². The SMILES string of the molecule is CCOc1cc(C)c(-c2nc3ccccc3c(=O)n2N=Cc2cc(I)c(OCC(=O)Nc3ccc(C)cc3)c(OCC)c2)cc1C(C)C. The molecule has 0 bridgehead atoms. The molecule has 248 valence electrons. The summed E-state index contributed by atoms with van der Waals surface area (Å²) in [6, 6.07) is 22.5. The second-order valence-corrected chi connectivity index (χ2v) is 12.7. The number of aryl methyl sites for hydroxylation is 2. The average Bonchev–Trinajstić information content (AvgIpc) is 3.05. The lowest BCUT2D eigenvalue weighted by molar-refractivity contribution is -0.118. The molecule has 0 aliphatic carbocycles. The lowest BCUT2D eigenvalue weighted by Gasteiger charge is -2.18. The number of nitrogens with one attached hydrogen (secondary N) is 1. The number of halogens is 1. The zero-order valence-electron chi connectivity index (χ0n) is 28.0. The molecule has 1 heterocycles. The van der Waals surface area contributed by atoms with Crippen molar-refractivity contribution >= 4 is 51.3 Å². The van der Waals surface area contributed by atoms with Gasteiger partial charge in [0.15, 0.2) is 23.9 Å². The van der Waals surface area contributed by atoms with Crippen LogP contribution < -0.4 is 25.1 Å². The Kier molecular flexibility index (Phi) is 11.2. The average molecular weight is 759 g/mol. The van der Waals surface area contributed by atoms with Crippen LogP contribution in [0, 0.1) is 17.4 Å². The number of anilines is 1. The van der Waals surface area contributed by atoms with Crippen molar-refractivity contribution in [2.45, 2.75) is 47.5 Å². The maximum Gasteiger partial charge on any atom is 0.282 e. The molecule has 0 aliphatic rings. The summed E-state index contributed by atoms with van der Waals surface area (Å²) in [5.74, 6) is 2.05. The van der Waals surface area contributed by atoms with E-state index in [4.69, 9.17) is 24.3 Å². The molecule has 9 nitrogen and oxygen atoms in total. The zero-order chi connectivity index (χ0) is 34.4. The van der Waals surface area contributed by atoms with Crippen LogP contribution in [-0.2, 0) is 4.79 Å². The number of aromatic nitrogens is 2. The number of carbonyl (C=O) groups excluding carboxylic acids is 1. The summed E-state index contributed by atoms with van der Waals surface area (Å²) in [6.07, 6.45) is 1.60. The van der Waals surface area contributed by atoms with Crippen molar-refractivity contribution in [3.63, 3.8) is 0 Å². The maximum absolute atomic E-state index is 13.9. The maximum atomic E-state index is 13.9. The Bertz CT molecular complexity index is 2040. The van der Waals surface area contributed by atoms with Crippen LogP contribution in [0.15, 0.2) is 82.7 Å². The van der Waals surface area contributed by atoms with E-state index in [-0.39, 0.29) is 24.0 Å². The number of nitrogens with zero attached hydrogens (tertiary/aromatic N) is 3. The minimum absolute atomic E-state index is 0.184. The van der Waals surface area contributed by atoms with Crippen LogP contribution in [0.4, 0.5) is 5.69 Å². The fourth-order valence-electron chi connectivity index (χ4n) is 5.24. The summed E-state index contributed by atoms with van der Waals surface area (Å²) < 4.78 is 19.9. The van der Waals surface area contributed by atoms with Crippen LogP contribution in [0.3, 0.4) is 0 Å². The minimum atomic E-state index is -0.288. The molecule has 0 radical (unpaired) electrons. The molecule has 0 saturated carbocycles. The van der Waals surface area contributed by atoms with Gasteiger partial charge in [0.1, 0.15) is 5.75 Å². The van der Waals surface area contributed by atoms with Crippen molar-refractivity contribution in [2.75, 3.05) is 25.1 Å². The van der Waals surface area contributed by atoms with Crippen molar-refractivity contribution < 1.29 is 19.0 Å². The molecule has 0 aliphatic heterocycles. The van der Waals surface area contributed by atoms with Gasteiger partial charge in [0.05, 0.1) is 33.9 Å². The van der Waals surface area contributed by atoms with Crippen LogP contribution in [0.1, 0.15) is 55.9 Å². The second kappa shape index (κ2) is 15.5. The number of amides is 1. The predicted molar refractivity (Wildman–Crippen MR) is 200 cm³/mol. The Labute approximate surface area is 294 Å².